The summed E-state index contributed by atoms with van der Waals surface area (Å²) in [6.45, 7) is 1.76. The molecule has 1 heterocycles. The third-order valence-electron chi connectivity index (χ3n) is 2.89. The van der Waals surface area contributed by atoms with Gasteiger partial charge in [0.15, 0.2) is 9.84 Å². The van der Waals surface area contributed by atoms with E-state index in [-0.39, 0.29) is 17.4 Å². The van der Waals surface area contributed by atoms with E-state index in [2.05, 4.69) is 0 Å². The van der Waals surface area contributed by atoms with E-state index in [9.17, 15) is 12.8 Å². The van der Waals surface area contributed by atoms with Crippen LogP contribution >= 0.6 is 0 Å². The Hall–Kier alpha value is -0.940. The highest BCUT2D eigenvalue weighted by Crippen LogP contribution is 2.34. The van der Waals surface area contributed by atoms with Crippen LogP contribution in [0, 0.1) is 5.82 Å². The van der Waals surface area contributed by atoms with Crippen molar-refractivity contribution < 1.29 is 12.8 Å². The number of fused-ring (bicyclic) bond motifs is 1. The molecule has 1 aliphatic rings. The monoisotopic (exact) mass is 243 g/mol. The summed E-state index contributed by atoms with van der Waals surface area (Å²) in [6.07, 6.45) is 0.613. The number of nitrogens with two attached hydrogens (primary N) is 1. The molecule has 2 rings (SSSR count). The zero-order valence-corrected chi connectivity index (χ0v) is 9.80. The van der Waals surface area contributed by atoms with Crippen LogP contribution in [0.3, 0.4) is 0 Å². The molecule has 2 N–H and O–H groups in total. The van der Waals surface area contributed by atoms with Crippen molar-refractivity contribution in [2.45, 2.75) is 36.0 Å². The number of halogens is 1. The SMILES string of the molecule is CC(N)CC1Cc2c(F)cccc2S1(=O)=O. The molecule has 0 radical (unpaired) electrons. The first-order valence-electron chi connectivity index (χ1n) is 5.20. The molecule has 0 fully saturated rings. The summed E-state index contributed by atoms with van der Waals surface area (Å²) in [4.78, 5) is 0.137. The summed E-state index contributed by atoms with van der Waals surface area (Å²) in [6, 6.07) is 3.99. The van der Waals surface area contributed by atoms with Crippen molar-refractivity contribution in [1.82, 2.24) is 0 Å². The van der Waals surface area contributed by atoms with E-state index in [4.69, 9.17) is 5.73 Å². The molecule has 16 heavy (non-hydrogen) atoms. The van der Waals surface area contributed by atoms with Gasteiger partial charge in [-0.3, -0.25) is 0 Å². The summed E-state index contributed by atoms with van der Waals surface area (Å²) in [7, 11) is -3.38. The van der Waals surface area contributed by atoms with E-state index in [1.54, 1.807) is 6.92 Å². The van der Waals surface area contributed by atoms with Gasteiger partial charge in [0.05, 0.1) is 10.1 Å². The molecule has 2 unspecified atom stereocenters. The third-order valence-corrected chi connectivity index (χ3v) is 5.12. The molecule has 2 atom stereocenters. The Bertz CT molecular complexity index is 511. The minimum absolute atomic E-state index is 0.137. The lowest BCUT2D eigenvalue weighted by Gasteiger charge is -2.11. The Balaban J connectivity index is 2.46. The number of sulfone groups is 1. The first-order chi connectivity index (χ1) is 7.43. The van der Waals surface area contributed by atoms with Crippen molar-refractivity contribution in [1.29, 1.82) is 0 Å². The van der Waals surface area contributed by atoms with Gasteiger partial charge >= 0.3 is 0 Å². The summed E-state index contributed by atoms with van der Waals surface area (Å²) < 4.78 is 37.5. The zero-order valence-electron chi connectivity index (χ0n) is 8.98. The highest BCUT2D eigenvalue weighted by Gasteiger charge is 2.38. The van der Waals surface area contributed by atoms with Crippen LogP contribution in [0.2, 0.25) is 0 Å². The van der Waals surface area contributed by atoms with Crippen LogP contribution < -0.4 is 5.73 Å². The van der Waals surface area contributed by atoms with Gasteiger partial charge in [0.2, 0.25) is 0 Å². The molecule has 0 saturated heterocycles. The summed E-state index contributed by atoms with van der Waals surface area (Å²) in [5, 5.41) is -0.570. The summed E-state index contributed by atoms with van der Waals surface area (Å²) in [5.41, 5.74) is 5.92. The Morgan fingerprint density at radius 1 is 1.56 bits per heavy atom. The quantitative estimate of drug-likeness (QED) is 0.850. The Morgan fingerprint density at radius 3 is 2.81 bits per heavy atom. The maximum absolute atomic E-state index is 13.4. The molecule has 0 aliphatic carbocycles. The first-order valence-corrected chi connectivity index (χ1v) is 6.74. The molecular formula is C11H14FNO2S. The Labute approximate surface area is 94.4 Å². The molecule has 0 aromatic heterocycles. The van der Waals surface area contributed by atoms with Crippen molar-refractivity contribution in [3.63, 3.8) is 0 Å². The number of rotatable bonds is 2. The largest absolute Gasteiger partial charge is 0.328 e. The Kier molecular flexibility index (Phi) is 2.75. The standard InChI is InChI=1S/C11H14FNO2S/c1-7(13)5-8-6-9-10(12)3-2-4-11(9)16(8,14)15/h2-4,7-8H,5-6,13H2,1H3. The van der Waals surface area contributed by atoms with Crippen LogP contribution in [0.15, 0.2) is 23.1 Å². The molecule has 88 valence electrons. The molecular weight excluding hydrogens is 229 g/mol. The van der Waals surface area contributed by atoms with Gasteiger partial charge in [-0.15, -0.1) is 0 Å². The summed E-state index contributed by atoms with van der Waals surface area (Å²) >= 11 is 0. The molecule has 1 aliphatic heterocycles. The van der Waals surface area contributed by atoms with Crippen LogP contribution in [0.5, 0.6) is 0 Å². The fourth-order valence-corrected chi connectivity index (χ4v) is 4.24. The fourth-order valence-electron chi connectivity index (χ4n) is 2.15. The highest BCUT2D eigenvalue weighted by atomic mass is 32.2. The number of hydrogen-bond donors (Lipinski definition) is 1. The van der Waals surface area contributed by atoms with Crippen LogP contribution in [0.25, 0.3) is 0 Å². The van der Waals surface area contributed by atoms with Gasteiger partial charge in [-0.05, 0) is 31.9 Å². The van der Waals surface area contributed by atoms with Crippen molar-refractivity contribution in [3.8, 4) is 0 Å². The molecule has 3 nitrogen and oxygen atoms in total. The van der Waals surface area contributed by atoms with Crippen LogP contribution in [0.1, 0.15) is 18.9 Å². The molecule has 1 aromatic carbocycles. The van der Waals surface area contributed by atoms with E-state index in [1.807, 2.05) is 0 Å². The third kappa shape index (κ3) is 1.74. The average Bonchev–Trinajstić information content (AvgIpc) is 2.41. The maximum atomic E-state index is 13.4. The van der Waals surface area contributed by atoms with Crippen molar-refractivity contribution in [2.75, 3.05) is 0 Å². The predicted molar refractivity (Wildman–Crippen MR) is 59.3 cm³/mol. The smallest absolute Gasteiger partial charge is 0.181 e. The van der Waals surface area contributed by atoms with Crippen molar-refractivity contribution in [2.24, 2.45) is 5.73 Å². The molecule has 0 spiro atoms. The normalized spacial score (nSPS) is 24.1. The lowest BCUT2D eigenvalue weighted by atomic mass is 10.1. The van der Waals surface area contributed by atoms with E-state index in [0.717, 1.165) is 0 Å². The first kappa shape index (κ1) is 11.5. The van der Waals surface area contributed by atoms with E-state index in [0.29, 0.717) is 12.0 Å². The molecule has 5 heteroatoms. The minimum Gasteiger partial charge on any atom is -0.328 e. The topological polar surface area (TPSA) is 60.2 Å². The van der Waals surface area contributed by atoms with Gasteiger partial charge in [0.25, 0.3) is 0 Å². The Morgan fingerprint density at radius 2 is 2.25 bits per heavy atom. The van der Waals surface area contributed by atoms with Gasteiger partial charge in [0, 0.05) is 11.6 Å². The van der Waals surface area contributed by atoms with Gasteiger partial charge in [-0.1, -0.05) is 6.07 Å². The van der Waals surface area contributed by atoms with Crippen LogP contribution in [0.4, 0.5) is 4.39 Å². The van der Waals surface area contributed by atoms with Gasteiger partial charge < -0.3 is 5.73 Å². The van der Waals surface area contributed by atoms with E-state index < -0.39 is 20.9 Å². The second-order valence-electron chi connectivity index (χ2n) is 4.30. The zero-order chi connectivity index (χ0) is 11.9. The summed E-state index contributed by atoms with van der Waals surface area (Å²) in [5.74, 6) is -0.437. The average molecular weight is 243 g/mol. The van der Waals surface area contributed by atoms with E-state index in [1.165, 1.54) is 18.2 Å². The molecule has 1 aromatic rings. The van der Waals surface area contributed by atoms with E-state index >= 15 is 0 Å². The number of benzene rings is 1. The van der Waals surface area contributed by atoms with Crippen LogP contribution in [-0.2, 0) is 16.3 Å². The van der Waals surface area contributed by atoms with Crippen LogP contribution in [-0.4, -0.2) is 19.7 Å². The van der Waals surface area contributed by atoms with Crippen molar-refractivity contribution in [3.05, 3.63) is 29.6 Å². The van der Waals surface area contributed by atoms with Crippen molar-refractivity contribution >= 4 is 9.84 Å². The lowest BCUT2D eigenvalue weighted by molar-refractivity contribution is 0.560. The molecule has 0 amide bonds. The number of hydrogen-bond acceptors (Lipinski definition) is 3. The predicted octanol–water partition coefficient (Wildman–Crippen LogP) is 1.26. The highest BCUT2D eigenvalue weighted by molar-refractivity contribution is 7.92. The second-order valence-corrected chi connectivity index (χ2v) is 6.50. The van der Waals surface area contributed by atoms with Gasteiger partial charge in [-0.25, -0.2) is 12.8 Å². The van der Waals surface area contributed by atoms with Gasteiger partial charge in [0.1, 0.15) is 5.82 Å². The molecule has 0 bridgehead atoms. The van der Waals surface area contributed by atoms with Gasteiger partial charge in [-0.2, -0.15) is 0 Å². The molecule has 0 saturated carbocycles. The minimum atomic E-state index is -3.38. The fraction of sp³-hybridized carbons (Fsp3) is 0.455. The lowest BCUT2D eigenvalue weighted by Crippen LogP contribution is -2.27. The maximum Gasteiger partial charge on any atom is 0.181 e. The second kappa shape index (κ2) is 3.82.